The van der Waals surface area contributed by atoms with Gasteiger partial charge in [-0.05, 0) is 18.6 Å². The van der Waals surface area contributed by atoms with Crippen LogP contribution >= 0.6 is 22.9 Å². The maximum absolute atomic E-state index is 12.2. The highest BCUT2D eigenvalue weighted by atomic mass is 35.5. The number of thiazole rings is 1. The molecule has 9 heteroatoms. The van der Waals surface area contributed by atoms with Crippen LogP contribution in [0.15, 0.2) is 35.2 Å². The molecule has 1 aliphatic rings. The highest BCUT2D eigenvalue weighted by Crippen LogP contribution is 2.39. The molecule has 0 aliphatic carbocycles. The van der Waals surface area contributed by atoms with Crippen LogP contribution in [0.1, 0.15) is 34.9 Å². The van der Waals surface area contributed by atoms with Crippen molar-refractivity contribution >= 4 is 41.1 Å². The lowest BCUT2D eigenvalue weighted by Gasteiger charge is -2.22. The molecule has 2 aromatic heterocycles. The summed E-state index contributed by atoms with van der Waals surface area (Å²) in [4.78, 5) is 25.0. The van der Waals surface area contributed by atoms with Gasteiger partial charge in [0.15, 0.2) is 0 Å². The van der Waals surface area contributed by atoms with Crippen molar-refractivity contribution < 1.29 is 14.7 Å². The number of rotatable bonds is 3. The molecule has 0 radical (unpaired) electrons. The molecule has 0 saturated heterocycles. The average molecular weight is 405 g/mol. The number of aromatic nitrogens is 3. The smallest absolute Gasteiger partial charge is 0.290 e. The second-order valence-corrected chi connectivity index (χ2v) is 7.05. The summed E-state index contributed by atoms with van der Waals surface area (Å²) in [7, 11) is 0. The van der Waals surface area contributed by atoms with E-state index in [-0.39, 0.29) is 18.3 Å². The number of aryl methyl sites for hydroxylation is 1. The zero-order valence-corrected chi connectivity index (χ0v) is 16.0. The lowest BCUT2D eigenvalue weighted by Crippen LogP contribution is -2.25. The van der Waals surface area contributed by atoms with Crippen LogP contribution in [-0.2, 0) is 16.1 Å². The summed E-state index contributed by atoms with van der Waals surface area (Å²) in [6.07, 6.45) is 0.398. The number of hydrogen-bond acceptors (Lipinski definition) is 5. The first kappa shape index (κ1) is 19.1. The zero-order chi connectivity index (χ0) is 19.4. The normalized spacial score (nSPS) is 15.3. The minimum atomic E-state index is -0.250. The van der Waals surface area contributed by atoms with Gasteiger partial charge in [-0.3, -0.25) is 9.59 Å². The molecular formula is C18H17ClN4O3S. The van der Waals surface area contributed by atoms with Crippen LogP contribution in [0.4, 0.5) is 5.82 Å². The summed E-state index contributed by atoms with van der Waals surface area (Å²) in [6, 6.07) is 7.67. The first-order valence-corrected chi connectivity index (χ1v) is 9.43. The maximum atomic E-state index is 12.2. The van der Waals surface area contributed by atoms with E-state index in [0.29, 0.717) is 18.0 Å². The van der Waals surface area contributed by atoms with E-state index in [9.17, 15) is 4.79 Å². The van der Waals surface area contributed by atoms with Crippen LogP contribution in [0.3, 0.4) is 0 Å². The third-order valence-electron chi connectivity index (χ3n) is 4.26. The average Bonchev–Trinajstić information content (AvgIpc) is 3.26. The molecule has 1 unspecified atom stereocenters. The predicted octanol–water partition coefficient (Wildman–Crippen LogP) is 3.52. The minimum absolute atomic E-state index is 0.0131. The molecule has 0 saturated carbocycles. The molecule has 3 aromatic rings. The highest BCUT2D eigenvalue weighted by Gasteiger charge is 2.33. The largest absolute Gasteiger partial charge is 0.483 e. The fourth-order valence-electron chi connectivity index (χ4n) is 3.16. The van der Waals surface area contributed by atoms with Crippen molar-refractivity contribution in [2.24, 2.45) is 0 Å². The molecule has 27 heavy (non-hydrogen) atoms. The van der Waals surface area contributed by atoms with Gasteiger partial charge in [-0.15, -0.1) is 11.3 Å². The highest BCUT2D eigenvalue weighted by molar-refractivity contribution is 7.07. The number of benzene rings is 1. The molecule has 1 aliphatic heterocycles. The summed E-state index contributed by atoms with van der Waals surface area (Å²) >= 11 is 7.80. The molecular weight excluding hydrogens is 388 g/mol. The number of nitrogens with zero attached hydrogens (tertiary/aromatic N) is 3. The van der Waals surface area contributed by atoms with Crippen molar-refractivity contribution in [3.63, 3.8) is 0 Å². The molecule has 4 rings (SSSR count). The van der Waals surface area contributed by atoms with Gasteiger partial charge in [0.05, 0.1) is 23.4 Å². The monoisotopic (exact) mass is 404 g/mol. The van der Waals surface area contributed by atoms with E-state index < -0.39 is 0 Å². The van der Waals surface area contributed by atoms with Crippen LogP contribution in [-0.4, -0.2) is 32.3 Å². The van der Waals surface area contributed by atoms with Crippen molar-refractivity contribution in [1.82, 2.24) is 14.8 Å². The van der Waals surface area contributed by atoms with E-state index in [0.717, 1.165) is 28.3 Å². The number of nitrogens with one attached hydrogen (secondary N) is 1. The second-order valence-electron chi connectivity index (χ2n) is 5.92. The van der Waals surface area contributed by atoms with Gasteiger partial charge < -0.3 is 10.4 Å². The van der Waals surface area contributed by atoms with Gasteiger partial charge in [-0.25, -0.2) is 9.67 Å². The van der Waals surface area contributed by atoms with Crippen LogP contribution in [0, 0.1) is 6.92 Å². The third kappa shape index (κ3) is 4.01. The Kier molecular flexibility index (Phi) is 5.88. The van der Waals surface area contributed by atoms with Gasteiger partial charge in [-0.2, -0.15) is 5.10 Å². The van der Waals surface area contributed by atoms with Gasteiger partial charge in [0, 0.05) is 28.3 Å². The molecule has 0 fully saturated rings. The quantitative estimate of drug-likeness (QED) is 0.651. The number of hydrogen-bond donors (Lipinski definition) is 2. The fraction of sp³-hybridized carbons (Fsp3) is 0.222. The molecule has 140 valence electrons. The fourth-order valence-corrected chi connectivity index (χ4v) is 3.97. The number of amides is 1. The number of halogens is 1. The van der Waals surface area contributed by atoms with Crippen LogP contribution in [0.5, 0.6) is 0 Å². The van der Waals surface area contributed by atoms with E-state index >= 15 is 0 Å². The Morgan fingerprint density at radius 2 is 2.19 bits per heavy atom. The van der Waals surface area contributed by atoms with Crippen LogP contribution < -0.4 is 5.32 Å². The van der Waals surface area contributed by atoms with Crippen LogP contribution in [0.2, 0.25) is 5.02 Å². The Bertz CT molecular complexity index is 956. The minimum Gasteiger partial charge on any atom is -0.483 e. The summed E-state index contributed by atoms with van der Waals surface area (Å²) in [5, 5.41) is 17.2. The Labute approximate surface area is 164 Å². The van der Waals surface area contributed by atoms with Crippen molar-refractivity contribution in [3.05, 3.63) is 62.7 Å². The Morgan fingerprint density at radius 3 is 2.85 bits per heavy atom. The van der Waals surface area contributed by atoms with E-state index in [1.165, 1.54) is 11.3 Å². The SMILES string of the molecule is Cc1nn(Cc2ccccc2Cl)c2c1C(c1cscn1)CC(=O)N2.O=CO. The standard InChI is InChI=1S/C17H15ClN4OS.CH2O2/c1-10-16-12(14-8-24-9-19-14)6-15(23)20-17(16)22(21-10)7-11-4-2-3-5-13(11)18;2-1-3/h2-5,8-9,12H,6-7H2,1H3,(H,20,23);1H,(H,2,3). The van der Waals surface area contributed by atoms with E-state index in [1.54, 1.807) is 5.51 Å². The molecule has 1 atom stereocenters. The molecule has 0 spiro atoms. The first-order valence-electron chi connectivity index (χ1n) is 8.11. The molecule has 2 N–H and O–H groups in total. The van der Waals surface area contributed by atoms with E-state index in [4.69, 9.17) is 21.5 Å². The Hall–Kier alpha value is -2.71. The van der Waals surface area contributed by atoms with Gasteiger partial charge in [0.2, 0.25) is 5.91 Å². The lowest BCUT2D eigenvalue weighted by molar-refractivity contribution is -0.123. The number of fused-ring (bicyclic) bond motifs is 1. The molecule has 1 amide bonds. The Morgan fingerprint density at radius 1 is 1.44 bits per heavy atom. The summed E-state index contributed by atoms with van der Waals surface area (Å²) in [6.45, 7) is 2.23. The maximum Gasteiger partial charge on any atom is 0.290 e. The molecule has 7 nitrogen and oxygen atoms in total. The molecule has 0 bridgehead atoms. The van der Waals surface area contributed by atoms with Gasteiger partial charge >= 0.3 is 0 Å². The van der Waals surface area contributed by atoms with Gasteiger partial charge in [-0.1, -0.05) is 29.8 Å². The lowest BCUT2D eigenvalue weighted by atomic mass is 9.90. The van der Waals surface area contributed by atoms with E-state index in [1.807, 2.05) is 41.3 Å². The number of carbonyl (C=O) groups is 2. The molecule has 3 heterocycles. The van der Waals surface area contributed by atoms with Crippen molar-refractivity contribution in [2.45, 2.75) is 25.8 Å². The topological polar surface area (TPSA) is 97.1 Å². The van der Waals surface area contributed by atoms with Crippen LogP contribution in [0.25, 0.3) is 0 Å². The molecule has 1 aromatic carbocycles. The Balaban J connectivity index is 0.000000659. The van der Waals surface area contributed by atoms with Crippen molar-refractivity contribution in [1.29, 1.82) is 0 Å². The van der Waals surface area contributed by atoms with E-state index in [2.05, 4.69) is 15.4 Å². The summed E-state index contributed by atoms with van der Waals surface area (Å²) in [5.74, 6) is 0.697. The number of anilines is 1. The van der Waals surface area contributed by atoms with Gasteiger partial charge in [0.25, 0.3) is 6.47 Å². The number of carboxylic acid groups (broad SMARTS) is 1. The third-order valence-corrected chi connectivity index (χ3v) is 5.23. The zero-order valence-electron chi connectivity index (χ0n) is 14.4. The predicted molar refractivity (Wildman–Crippen MR) is 103 cm³/mol. The van der Waals surface area contributed by atoms with Crippen molar-refractivity contribution in [2.75, 3.05) is 5.32 Å². The van der Waals surface area contributed by atoms with Gasteiger partial charge in [0.1, 0.15) is 5.82 Å². The van der Waals surface area contributed by atoms with Crippen molar-refractivity contribution in [3.8, 4) is 0 Å². The second kappa shape index (κ2) is 8.32. The first-order chi connectivity index (χ1) is 13.0. The summed E-state index contributed by atoms with van der Waals surface area (Å²) in [5.41, 5.74) is 5.65. The summed E-state index contributed by atoms with van der Waals surface area (Å²) < 4.78 is 1.82. The number of carbonyl (C=O) groups excluding carboxylic acids is 1.